The van der Waals surface area contributed by atoms with Crippen molar-refractivity contribution in [3.63, 3.8) is 0 Å². The molecule has 0 radical (unpaired) electrons. The van der Waals surface area contributed by atoms with Gasteiger partial charge in [-0.15, -0.1) is 24.8 Å². The van der Waals surface area contributed by atoms with Crippen molar-refractivity contribution in [3.05, 3.63) is 46.8 Å². The van der Waals surface area contributed by atoms with Gasteiger partial charge in [-0.1, -0.05) is 0 Å². The van der Waals surface area contributed by atoms with Crippen molar-refractivity contribution in [3.8, 4) is 11.5 Å². The van der Waals surface area contributed by atoms with E-state index in [9.17, 15) is 4.79 Å². The van der Waals surface area contributed by atoms with Crippen molar-refractivity contribution in [1.29, 1.82) is 0 Å². The standard InChI is InChI=1S/C23H31N3O3.2ClH/c1-25(2)11-5-13-28-17-7-9-19-20-10-8-18(29-14-6-12-26(3)4)16-22(20)24-23(27)21(19)15-17;;/h7-10,15-16H,5-6,11-14H2,1-4H3,(H,24,27);2*1H. The van der Waals surface area contributed by atoms with Crippen LogP contribution in [0.2, 0.25) is 0 Å². The van der Waals surface area contributed by atoms with Crippen LogP contribution in [0, 0.1) is 0 Å². The summed E-state index contributed by atoms with van der Waals surface area (Å²) in [5.41, 5.74) is 0.670. The monoisotopic (exact) mass is 469 g/mol. The molecule has 3 rings (SSSR count). The fourth-order valence-electron chi connectivity index (χ4n) is 3.32. The fourth-order valence-corrected chi connectivity index (χ4v) is 3.32. The van der Waals surface area contributed by atoms with E-state index in [0.717, 1.165) is 53.7 Å². The molecule has 0 aliphatic rings. The molecule has 8 heteroatoms. The summed E-state index contributed by atoms with van der Waals surface area (Å²) < 4.78 is 11.7. The summed E-state index contributed by atoms with van der Waals surface area (Å²) in [4.78, 5) is 19.9. The number of pyridine rings is 1. The first-order chi connectivity index (χ1) is 13.9. The second-order valence-corrected chi connectivity index (χ2v) is 7.88. The van der Waals surface area contributed by atoms with Crippen molar-refractivity contribution in [2.24, 2.45) is 0 Å². The number of halogens is 2. The van der Waals surface area contributed by atoms with Crippen LogP contribution in [0.4, 0.5) is 0 Å². The average molecular weight is 470 g/mol. The maximum absolute atomic E-state index is 12.6. The van der Waals surface area contributed by atoms with E-state index in [1.165, 1.54) is 0 Å². The maximum atomic E-state index is 12.6. The summed E-state index contributed by atoms with van der Waals surface area (Å²) in [7, 11) is 8.18. The van der Waals surface area contributed by atoms with Crippen molar-refractivity contribution in [2.45, 2.75) is 12.8 Å². The van der Waals surface area contributed by atoms with E-state index >= 15 is 0 Å². The van der Waals surface area contributed by atoms with Crippen LogP contribution in [0.15, 0.2) is 41.2 Å². The number of hydrogen-bond donors (Lipinski definition) is 1. The van der Waals surface area contributed by atoms with E-state index in [2.05, 4.69) is 14.8 Å². The number of H-pyrrole nitrogens is 1. The number of fused-ring (bicyclic) bond motifs is 3. The lowest BCUT2D eigenvalue weighted by atomic mass is 10.1. The molecule has 6 nitrogen and oxygen atoms in total. The van der Waals surface area contributed by atoms with Gasteiger partial charge in [0.15, 0.2) is 0 Å². The first-order valence-corrected chi connectivity index (χ1v) is 10.1. The lowest BCUT2D eigenvalue weighted by molar-refractivity contribution is 0.282. The molecule has 1 aromatic heterocycles. The van der Waals surface area contributed by atoms with Gasteiger partial charge >= 0.3 is 0 Å². The molecule has 0 bridgehead atoms. The van der Waals surface area contributed by atoms with Crippen LogP contribution in [0.5, 0.6) is 11.5 Å². The Morgan fingerprint density at radius 2 is 1.26 bits per heavy atom. The van der Waals surface area contributed by atoms with Crippen LogP contribution < -0.4 is 15.0 Å². The highest BCUT2D eigenvalue weighted by molar-refractivity contribution is 6.05. The predicted molar refractivity (Wildman–Crippen MR) is 134 cm³/mol. The van der Waals surface area contributed by atoms with Crippen molar-refractivity contribution in [2.75, 3.05) is 54.5 Å². The Morgan fingerprint density at radius 1 is 0.742 bits per heavy atom. The van der Waals surface area contributed by atoms with Crippen molar-refractivity contribution in [1.82, 2.24) is 14.8 Å². The molecular weight excluding hydrogens is 437 g/mol. The molecule has 0 fully saturated rings. The number of nitrogens with zero attached hydrogens (tertiary/aromatic N) is 2. The van der Waals surface area contributed by atoms with E-state index in [-0.39, 0.29) is 30.4 Å². The Balaban J connectivity index is 0.00000240. The minimum atomic E-state index is -0.115. The molecule has 1 heterocycles. The molecule has 0 aliphatic heterocycles. The third kappa shape index (κ3) is 7.58. The van der Waals surface area contributed by atoms with Gasteiger partial charge in [0.25, 0.3) is 5.56 Å². The largest absolute Gasteiger partial charge is 0.494 e. The number of hydrogen-bond acceptors (Lipinski definition) is 5. The Hall–Kier alpha value is -1.99. The van der Waals surface area contributed by atoms with Crippen LogP contribution in [-0.4, -0.2) is 69.3 Å². The highest BCUT2D eigenvalue weighted by atomic mass is 35.5. The van der Waals surface area contributed by atoms with Crippen LogP contribution >= 0.6 is 24.8 Å². The quantitative estimate of drug-likeness (QED) is 0.356. The van der Waals surface area contributed by atoms with Gasteiger partial charge in [0.05, 0.1) is 24.1 Å². The van der Waals surface area contributed by atoms with Crippen molar-refractivity contribution < 1.29 is 9.47 Å². The Bertz CT molecular complexity index is 1020. The molecular formula is C23H33Cl2N3O3. The molecule has 1 N–H and O–H groups in total. The number of nitrogens with one attached hydrogen (secondary N) is 1. The molecule has 0 unspecified atom stereocenters. The second kappa shape index (κ2) is 12.8. The van der Waals surface area contributed by atoms with E-state index in [1.807, 2.05) is 64.6 Å². The molecule has 31 heavy (non-hydrogen) atoms. The van der Waals surface area contributed by atoms with Crippen molar-refractivity contribution >= 4 is 46.5 Å². The lowest BCUT2D eigenvalue weighted by Crippen LogP contribution is -2.15. The zero-order valence-corrected chi connectivity index (χ0v) is 20.3. The van der Waals surface area contributed by atoms with E-state index in [4.69, 9.17) is 9.47 Å². The van der Waals surface area contributed by atoms with Crippen LogP contribution in [0.1, 0.15) is 12.8 Å². The SMILES string of the molecule is CN(C)CCCOc1ccc2c(c1)[nH]c(=O)c1cc(OCCCN(C)C)ccc12.Cl.Cl. The van der Waals surface area contributed by atoms with E-state index < -0.39 is 0 Å². The molecule has 0 aliphatic carbocycles. The van der Waals surface area contributed by atoms with Gasteiger partial charge < -0.3 is 24.3 Å². The number of ether oxygens (including phenoxy) is 2. The molecule has 0 saturated carbocycles. The Labute approximate surface area is 196 Å². The van der Waals surface area contributed by atoms with Gasteiger partial charge in [0.1, 0.15) is 11.5 Å². The Morgan fingerprint density at radius 3 is 1.81 bits per heavy atom. The van der Waals surface area contributed by atoms with Crippen LogP contribution in [0.3, 0.4) is 0 Å². The lowest BCUT2D eigenvalue weighted by Gasteiger charge is -2.12. The zero-order valence-electron chi connectivity index (χ0n) is 18.6. The molecule has 0 spiro atoms. The maximum Gasteiger partial charge on any atom is 0.256 e. The van der Waals surface area contributed by atoms with Gasteiger partial charge in [-0.05, 0) is 76.8 Å². The summed E-state index contributed by atoms with van der Waals surface area (Å²) in [5, 5.41) is 2.56. The fraction of sp³-hybridized carbons (Fsp3) is 0.435. The van der Waals surface area contributed by atoms with Gasteiger partial charge in [0.2, 0.25) is 0 Å². The summed E-state index contributed by atoms with van der Waals surface area (Å²) in [6.07, 6.45) is 1.90. The summed E-state index contributed by atoms with van der Waals surface area (Å²) in [5.74, 6) is 1.49. The first-order valence-electron chi connectivity index (χ1n) is 10.1. The smallest absolute Gasteiger partial charge is 0.256 e. The molecule has 0 atom stereocenters. The Kier molecular flexibility index (Phi) is 11.1. The van der Waals surface area contributed by atoms with E-state index in [1.54, 1.807) is 0 Å². The number of benzene rings is 2. The zero-order chi connectivity index (χ0) is 20.8. The molecule has 0 saturated heterocycles. The minimum Gasteiger partial charge on any atom is -0.494 e. The summed E-state index contributed by atoms with van der Waals surface area (Å²) in [6.45, 7) is 3.23. The highest BCUT2D eigenvalue weighted by Crippen LogP contribution is 2.27. The van der Waals surface area contributed by atoms with Gasteiger partial charge in [-0.3, -0.25) is 4.79 Å². The minimum absolute atomic E-state index is 0. The highest BCUT2D eigenvalue weighted by Gasteiger charge is 2.08. The molecule has 2 aromatic carbocycles. The number of rotatable bonds is 10. The van der Waals surface area contributed by atoms with Crippen LogP contribution in [0.25, 0.3) is 21.7 Å². The predicted octanol–water partition coefficient (Wildman–Crippen LogP) is 4.19. The normalized spacial score (nSPS) is 10.9. The summed E-state index contributed by atoms with van der Waals surface area (Å²) in [6, 6.07) is 11.6. The van der Waals surface area contributed by atoms with Gasteiger partial charge in [-0.2, -0.15) is 0 Å². The van der Waals surface area contributed by atoms with Gasteiger partial charge in [-0.25, -0.2) is 0 Å². The molecule has 3 aromatic rings. The molecule has 0 amide bonds. The average Bonchev–Trinajstić information content (AvgIpc) is 2.68. The summed E-state index contributed by atoms with van der Waals surface area (Å²) >= 11 is 0. The number of aromatic amines is 1. The third-order valence-corrected chi connectivity index (χ3v) is 4.80. The van der Waals surface area contributed by atoms with E-state index in [0.29, 0.717) is 18.6 Å². The topological polar surface area (TPSA) is 57.8 Å². The van der Waals surface area contributed by atoms with Gasteiger partial charge in [0, 0.05) is 24.5 Å². The van der Waals surface area contributed by atoms with Crippen LogP contribution in [-0.2, 0) is 0 Å². The second-order valence-electron chi connectivity index (χ2n) is 7.88. The first kappa shape index (κ1) is 27.0. The third-order valence-electron chi connectivity index (χ3n) is 4.80. The number of aromatic nitrogens is 1. The molecule has 172 valence electrons.